The molecular weight excluding hydrogens is 594 g/mol. The molecular formula is C34H35N3O7S. The van der Waals surface area contributed by atoms with Crippen molar-refractivity contribution in [1.29, 1.82) is 0 Å². The summed E-state index contributed by atoms with van der Waals surface area (Å²) in [5, 5.41) is 2.99. The second kappa shape index (κ2) is 14.4. The molecule has 1 N–H and O–H groups in total. The van der Waals surface area contributed by atoms with Gasteiger partial charge in [0, 0.05) is 30.9 Å². The minimum Gasteiger partial charge on any atom is -0.497 e. The summed E-state index contributed by atoms with van der Waals surface area (Å²) in [4.78, 5) is 29.9. The number of morpholine rings is 1. The van der Waals surface area contributed by atoms with Crippen LogP contribution in [0, 0.1) is 0 Å². The molecule has 1 aliphatic heterocycles. The van der Waals surface area contributed by atoms with Gasteiger partial charge in [0.1, 0.15) is 17.5 Å². The summed E-state index contributed by atoms with van der Waals surface area (Å²) in [6, 6.07) is 27.9. The minimum absolute atomic E-state index is 0.0798. The normalized spacial score (nSPS) is 14.3. The Hall–Kier alpha value is -4.71. The Kier molecular flexibility index (Phi) is 10.1. The molecule has 0 unspecified atom stereocenters. The van der Waals surface area contributed by atoms with E-state index in [1.807, 2.05) is 30.3 Å². The van der Waals surface area contributed by atoms with Crippen molar-refractivity contribution in [2.24, 2.45) is 0 Å². The second-order valence-corrected chi connectivity index (χ2v) is 12.2. The van der Waals surface area contributed by atoms with E-state index in [1.54, 1.807) is 62.8 Å². The van der Waals surface area contributed by atoms with E-state index in [-0.39, 0.29) is 30.1 Å². The Morgan fingerprint density at radius 2 is 1.40 bits per heavy atom. The van der Waals surface area contributed by atoms with Crippen LogP contribution in [0.2, 0.25) is 0 Å². The molecule has 4 aromatic rings. The first-order chi connectivity index (χ1) is 21.8. The molecule has 0 spiro atoms. The molecule has 10 nitrogen and oxygen atoms in total. The van der Waals surface area contributed by atoms with Gasteiger partial charge in [0.2, 0.25) is 15.9 Å². The molecule has 45 heavy (non-hydrogen) atoms. The number of rotatable bonds is 11. The number of anilines is 1. The lowest BCUT2D eigenvalue weighted by Gasteiger charge is -2.32. The lowest BCUT2D eigenvalue weighted by molar-refractivity contribution is -0.122. The molecule has 1 atom stereocenters. The molecule has 1 heterocycles. The van der Waals surface area contributed by atoms with Crippen molar-refractivity contribution in [1.82, 2.24) is 9.62 Å². The summed E-state index contributed by atoms with van der Waals surface area (Å²) in [7, 11) is -0.612. The number of methoxy groups -OCH3 is 2. The van der Waals surface area contributed by atoms with Crippen LogP contribution in [-0.2, 0) is 26.1 Å². The number of ether oxygens (including phenoxy) is 3. The summed E-state index contributed by atoms with van der Waals surface area (Å²) in [6.07, 6.45) is 0. The van der Waals surface area contributed by atoms with Gasteiger partial charge < -0.3 is 19.5 Å². The number of hydrogen-bond acceptors (Lipinski definition) is 7. The standard InChI is InChI=1S/C34H35N3O7S/c1-42-29-14-8-25(9-15-29)24-35-33(38)32(26-10-16-30(43-2)17-11-26)37(28-6-4-3-5-7-28)34(39)27-12-18-31(19-13-27)45(40,41)36-20-22-44-23-21-36/h3-19,32H,20-24H2,1-2H3,(H,35,38)/t32-/m1/s1. The van der Waals surface area contributed by atoms with Crippen LogP contribution in [0.4, 0.5) is 5.69 Å². The molecule has 1 saturated heterocycles. The molecule has 0 bridgehead atoms. The number of nitrogens with one attached hydrogen (secondary N) is 1. The Labute approximate surface area is 263 Å². The highest BCUT2D eigenvalue weighted by atomic mass is 32.2. The van der Waals surface area contributed by atoms with Gasteiger partial charge >= 0.3 is 0 Å². The van der Waals surface area contributed by atoms with Gasteiger partial charge in [0.15, 0.2) is 0 Å². The Morgan fingerprint density at radius 3 is 1.98 bits per heavy atom. The maximum absolute atomic E-state index is 14.3. The molecule has 0 saturated carbocycles. The van der Waals surface area contributed by atoms with Crippen molar-refractivity contribution in [2.75, 3.05) is 45.4 Å². The van der Waals surface area contributed by atoms with Crippen LogP contribution >= 0.6 is 0 Å². The number of carbonyl (C=O) groups excluding carboxylic acids is 2. The third-order valence-corrected chi connectivity index (χ3v) is 9.44. The fourth-order valence-corrected chi connectivity index (χ4v) is 6.46. The van der Waals surface area contributed by atoms with Gasteiger partial charge in [-0.1, -0.05) is 42.5 Å². The van der Waals surface area contributed by atoms with E-state index in [2.05, 4.69) is 5.32 Å². The van der Waals surface area contributed by atoms with Gasteiger partial charge in [0.25, 0.3) is 5.91 Å². The van der Waals surface area contributed by atoms with Crippen molar-refractivity contribution < 1.29 is 32.2 Å². The fraction of sp³-hybridized carbons (Fsp3) is 0.235. The number of carbonyl (C=O) groups is 2. The number of para-hydroxylation sites is 1. The summed E-state index contributed by atoms with van der Waals surface area (Å²) < 4.78 is 43.6. The van der Waals surface area contributed by atoms with Gasteiger partial charge in [-0.25, -0.2) is 8.42 Å². The van der Waals surface area contributed by atoms with Gasteiger partial charge in [-0.3, -0.25) is 14.5 Å². The average Bonchev–Trinajstić information content (AvgIpc) is 3.10. The summed E-state index contributed by atoms with van der Waals surface area (Å²) in [5.74, 6) is 0.424. The maximum Gasteiger partial charge on any atom is 0.259 e. The second-order valence-electron chi connectivity index (χ2n) is 10.3. The zero-order chi connectivity index (χ0) is 31.8. The van der Waals surface area contributed by atoms with Crippen LogP contribution in [0.5, 0.6) is 11.5 Å². The number of nitrogens with zero attached hydrogens (tertiary/aromatic N) is 2. The van der Waals surface area contributed by atoms with E-state index >= 15 is 0 Å². The number of hydrogen-bond donors (Lipinski definition) is 1. The highest BCUT2D eigenvalue weighted by molar-refractivity contribution is 7.89. The van der Waals surface area contributed by atoms with E-state index in [9.17, 15) is 18.0 Å². The number of amides is 2. The summed E-state index contributed by atoms with van der Waals surface area (Å²) in [5.41, 5.74) is 2.13. The minimum atomic E-state index is -3.75. The van der Waals surface area contributed by atoms with Crippen molar-refractivity contribution in [3.8, 4) is 11.5 Å². The van der Waals surface area contributed by atoms with Crippen molar-refractivity contribution in [3.63, 3.8) is 0 Å². The molecule has 5 rings (SSSR count). The molecule has 0 radical (unpaired) electrons. The van der Waals surface area contributed by atoms with Gasteiger partial charge in [-0.2, -0.15) is 4.31 Å². The third kappa shape index (κ3) is 7.34. The van der Waals surface area contributed by atoms with E-state index in [0.29, 0.717) is 36.0 Å². The lowest BCUT2D eigenvalue weighted by atomic mass is 10.0. The Balaban J connectivity index is 1.50. The van der Waals surface area contributed by atoms with Gasteiger partial charge in [-0.05, 0) is 71.8 Å². The largest absolute Gasteiger partial charge is 0.497 e. The van der Waals surface area contributed by atoms with Crippen LogP contribution in [0.15, 0.2) is 108 Å². The molecule has 1 fully saturated rings. The molecule has 2 amide bonds. The first-order valence-corrected chi connectivity index (χ1v) is 15.9. The first-order valence-electron chi connectivity index (χ1n) is 14.4. The van der Waals surface area contributed by atoms with E-state index in [4.69, 9.17) is 14.2 Å². The molecule has 11 heteroatoms. The lowest BCUT2D eigenvalue weighted by Crippen LogP contribution is -2.44. The quantitative estimate of drug-likeness (QED) is 0.261. The number of benzene rings is 4. The molecule has 0 aromatic heterocycles. The van der Waals surface area contributed by atoms with Crippen LogP contribution < -0.4 is 19.7 Å². The van der Waals surface area contributed by atoms with Crippen LogP contribution in [0.1, 0.15) is 27.5 Å². The van der Waals surface area contributed by atoms with Crippen LogP contribution in [0.3, 0.4) is 0 Å². The van der Waals surface area contributed by atoms with E-state index in [1.165, 1.54) is 33.5 Å². The maximum atomic E-state index is 14.3. The van der Waals surface area contributed by atoms with E-state index < -0.39 is 27.9 Å². The van der Waals surface area contributed by atoms with Crippen LogP contribution in [-0.4, -0.2) is 65.1 Å². The highest BCUT2D eigenvalue weighted by Gasteiger charge is 2.34. The molecule has 234 valence electrons. The number of sulfonamides is 1. The highest BCUT2D eigenvalue weighted by Crippen LogP contribution is 2.31. The Bertz CT molecular complexity index is 1690. The Morgan fingerprint density at radius 1 is 0.822 bits per heavy atom. The molecule has 4 aromatic carbocycles. The van der Waals surface area contributed by atoms with Crippen LogP contribution in [0.25, 0.3) is 0 Å². The zero-order valence-corrected chi connectivity index (χ0v) is 25.9. The van der Waals surface area contributed by atoms with Crippen molar-refractivity contribution in [2.45, 2.75) is 17.5 Å². The molecule has 1 aliphatic rings. The zero-order valence-electron chi connectivity index (χ0n) is 25.1. The average molecular weight is 630 g/mol. The monoisotopic (exact) mass is 629 g/mol. The third-order valence-electron chi connectivity index (χ3n) is 7.53. The SMILES string of the molecule is COc1ccc(CNC(=O)[C@@H](c2ccc(OC)cc2)N(C(=O)c2ccc(S(=O)(=O)N3CCOCC3)cc2)c2ccccc2)cc1. The first kappa shape index (κ1) is 31.7. The van der Waals surface area contributed by atoms with Gasteiger partial charge in [-0.15, -0.1) is 0 Å². The van der Waals surface area contributed by atoms with Crippen molar-refractivity contribution >= 4 is 27.5 Å². The predicted octanol–water partition coefficient (Wildman–Crippen LogP) is 4.43. The smallest absolute Gasteiger partial charge is 0.259 e. The topological polar surface area (TPSA) is 114 Å². The fourth-order valence-electron chi connectivity index (χ4n) is 5.05. The molecule has 0 aliphatic carbocycles. The van der Waals surface area contributed by atoms with E-state index in [0.717, 1.165) is 5.56 Å². The predicted molar refractivity (Wildman–Crippen MR) is 170 cm³/mol. The summed E-state index contributed by atoms with van der Waals surface area (Å²) >= 11 is 0. The van der Waals surface area contributed by atoms with Crippen molar-refractivity contribution in [3.05, 3.63) is 120 Å². The summed E-state index contributed by atoms with van der Waals surface area (Å²) in [6.45, 7) is 1.41. The van der Waals surface area contributed by atoms with Gasteiger partial charge in [0.05, 0.1) is 32.3 Å².